The number of ketones is 1. The largest absolute Gasteiger partial charge is 0.475 e. The number of nitrogens with zero attached hydrogens (tertiary/aromatic N) is 1. The van der Waals surface area contributed by atoms with E-state index in [1.165, 1.54) is 12.1 Å². The van der Waals surface area contributed by atoms with Crippen LogP contribution in [0.1, 0.15) is 52.9 Å². The van der Waals surface area contributed by atoms with E-state index < -0.39 is 19.0 Å². The average Bonchev–Trinajstić information content (AvgIpc) is 2.61. The summed E-state index contributed by atoms with van der Waals surface area (Å²) in [4.78, 5) is 27.5. The van der Waals surface area contributed by atoms with E-state index in [1.54, 1.807) is 12.1 Å². The number of carbonyl (C=O) groups is 2. The Hall–Kier alpha value is -1.93. The summed E-state index contributed by atoms with van der Waals surface area (Å²) in [5.41, 5.74) is 0.799. The van der Waals surface area contributed by atoms with Crippen LogP contribution in [-0.4, -0.2) is 47.4 Å². The number of halogens is 1. The van der Waals surface area contributed by atoms with E-state index in [2.05, 4.69) is 5.32 Å². The van der Waals surface area contributed by atoms with Crippen molar-refractivity contribution in [3.05, 3.63) is 30.1 Å². The van der Waals surface area contributed by atoms with Crippen LogP contribution in [0.15, 0.2) is 24.3 Å². The minimum Gasteiger partial charge on any atom is -0.426 e. The third-order valence-electron chi connectivity index (χ3n) is 5.42. The van der Waals surface area contributed by atoms with E-state index in [-0.39, 0.29) is 35.9 Å². The lowest BCUT2D eigenvalue weighted by Crippen LogP contribution is -2.54. The van der Waals surface area contributed by atoms with Crippen LogP contribution in [0.3, 0.4) is 0 Å². The molecule has 1 fully saturated rings. The van der Waals surface area contributed by atoms with Crippen molar-refractivity contribution in [2.75, 3.05) is 11.4 Å². The standard InChI is InChI=1S/C21H32BFN2O4/c1-4-5-15(21(27)24-20(22(28)29)12-14(2)3)13-19(26)18-10-11-25(18)17-8-6-16(23)7-9-17/h6-9,14-15,18,20,28-29H,4-5,10-13H2,1-3H3,(H,24,27)/t15-,18+,20-/m1/s1. The zero-order chi connectivity index (χ0) is 21.6. The molecular formula is C21H32BFN2O4. The summed E-state index contributed by atoms with van der Waals surface area (Å²) < 4.78 is 13.1. The van der Waals surface area contributed by atoms with Gasteiger partial charge in [-0.15, -0.1) is 0 Å². The molecule has 6 nitrogen and oxygen atoms in total. The topological polar surface area (TPSA) is 89.9 Å². The van der Waals surface area contributed by atoms with E-state index in [0.717, 1.165) is 18.7 Å². The molecule has 0 spiro atoms. The van der Waals surface area contributed by atoms with Crippen molar-refractivity contribution in [2.45, 2.75) is 64.9 Å². The van der Waals surface area contributed by atoms with E-state index in [4.69, 9.17) is 0 Å². The molecule has 2 rings (SSSR count). The highest BCUT2D eigenvalue weighted by molar-refractivity contribution is 6.43. The van der Waals surface area contributed by atoms with Gasteiger partial charge >= 0.3 is 7.12 Å². The van der Waals surface area contributed by atoms with Gasteiger partial charge in [-0.2, -0.15) is 0 Å². The number of nitrogens with one attached hydrogen (secondary N) is 1. The summed E-state index contributed by atoms with van der Waals surface area (Å²) in [6.07, 6.45) is 2.56. The zero-order valence-electron chi connectivity index (χ0n) is 17.5. The van der Waals surface area contributed by atoms with Crippen LogP contribution in [0.5, 0.6) is 0 Å². The summed E-state index contributed by atoms with van der Waals surface area (Å²) in [6, 6.07) is 5.76. The molecule has 1 saturated heterocycles. The Kier molecular flexibility index (Phi) is 8.65. The monoisotopic (exact) mass is 406 g/mol. The number of rotatable bonds is 11. The summed E-state index contributed by atoms with van der Waals surface area (Å²) in [6.45, 7) is 6.55. The lowest BCUT2D eigenvalue weighted by Gasteiger charge is -2.42. The molecule has 160 valence electrons. The first-order chi connectivity index (χ1) is 13.7. The van der Waals surface area contributed by atoms with Crippen molar-refractivity contribution in [3.63, 3.8) is 0 Å². The molecule has 0 aliphatic carbocycles. The highest BCUT2D eigenvalue weighted by Crippen LogP contribution is 2.29. The van der Waals surface area contributed by atoms with Gasteiger partial charge in [-0.05, 0) is 49.4 Å². The normalized spacial score (nSPS) is 18.2. The van der Waals surface area contributed by atoms with E-state index in [0.29, 0.717) is 19.3 Å². The fourth-order valence-corrected chi connectivity index (χ4v) is 3.78. The lowest BCUT2D eigenvalue weighted by molar-refractivity contribution is -0.131. The highest BCUT2D eigenvalue weighted by Gasteiger charge is 2.37. The Balaban J connectivity index is 2.00. The van der Waals surface area contributed by atoms with Crippen molar-refractivity contribution in [1.29, 1.82) is 0 Å². The number of Topliss-reactive ketones (excluding diaryl/α,β-unsaturated/α-hetero) is 1. The molecule has 0 unspecified atom stereocenters. The molecular weight excluding hydrogens is 374 g/mol. The second kappa shape index (κ2) is 10.7. The van der Waals surface area contributed by atoms with Gasteiger partial charge in [0.25, 0.3) is 0 Å². The predicted molar refractivity (Wildman–Crippen MR) is 112 cm³/mol. The minimum absolute atomic E-state index is 0.0147. The van der Waals surface area contributed by atoms with Gasteiger partial charge in [0.1, 0.15) is 5.82 Å². The summed E-state index contributed by atoms with van der Waals surface area (Å²) in [5, 5.41) is 21.8. The zero-order valence-corrected chi connectivity index (χ0v) is 17.5. The molecule has 1 aromatic rings. The number of hydrogen-bond acceptors (Lipinski definition) is 5. The maximum atomic E-state index is 13.1. The fraction of sp³-hybridized carbons (Fsp3) is 0.619. The maximum Gasteiger partial charge on any atom is 0.475 e. The highest BCUT2D eigenvalue weighted by atomic mass is 19.1. The first-order valence-electron chi connectivity index (χ1n) is 10.4. The fourth-order valence-electron chi connectivity index (χ4n) is 3.78. The first kappa shape index (κ1) is 23.4. The van der Waals surface area contributed by atoms with Gasteiger partial charge in [-0.3, -0.25) is 9.59 Å². The molecule has 1 aliphatic heterocycles. The van der Waals surface area contributed by atoms with Gasteiger partial charge < -0.3 is 20.3 Å². The summed E-state index contributed by atoms with van der Waals surface area (Å²) in [5.74, 6) is -1.72. The van der Waals surface area contributed by atoms with E-state index in [1.807, 2.05) is 25.7 Å². The van der Waals surface area contributed by atoms with Crippen molar-refractivity contribution in [2.24, 2.45) is 11.8 Å². The number of carbonyl (C=O) groups excluding carboxylic acids is 2. The van der Waals surface area contributed by atoms with Crippen LogP contribution in [0, 0.1) is 17.7 Å². The van der Waals surface area contributed by atoms with Gasteiger partial charge in [-0.1, -0.05) is 27.2 Å². The van der Waals surface area contributed by atoms with Crippen molar-refractivity contribution in [3.8, 4) is 0 Å². The lowest BCUT2D eigenvalue weighted by atomic mass is 9.74. The Labute approximate surface area is 172 Å². The van der Waals surface area contributed by atoms with Crippen LogP contribution >= 0.6 is 0 Å². The van der Waals surface area contributed by atoms with Crippen LogP contribution in [-0.2, 0) is 9.59 Å². The van der Waals surface area contributed by atoms with Crippen LogP contribution in [0.25, 0.3) is 0 Å². The van der Waals surface area contributed by atoms with Crippen molar-refractivity contribution < 1.29 is 24.0 Å². The minimum atomic E-state index is -1.64. The molecule has 29 heavy (non-hydrogen) atoms. The number of anilines is 1. The Morgan fingerprint density at radius 2 is 1.93 bits per heavy atom. The maximum absolute atomic E-state index is 13.1. The van der Waals surface area contributed by atoms with Crippen molar-refractivity contribution >= 4 is 24.5 Å². The number of amides is 1. The second-order valence-corrected chi connectivity index (χ2v) is 8.29. The van der Waals surface area contributed by atoms with Gasteiger partial charge in [-0.25, -0.2) is 4.39 Å². The van der Waals surface area contributed by atoms with E-state index >= 15 is 0 Å². The van der Waals surface area contributed by atoms with E-state index in [9.17, 15) is 24.0 Å². The molecule has 8 heteroatoms. The molecule has 0 aromatic heterocycles. The van der Waals surface area contributed by atoms with Gasteiger partial charge in [0, 0.05) is 24.6 Å². The molecule has 1 heterocycles. The molecule has 3 atom stereocenters. The summed E-state index contributed by atoms with van der Waals surface area (Å²) in [7, 11) is -1.64. The molecule has 1 aliphatic rings. The smallest absolute Gasteiger partial charge is 0.426 e. The molecule has 1 amide bonds. The van der Waals surface area contributed by atoms with Gasteiger partial charge in [0.2, 0.25) is 5.91 Å². The SMILES string of the molecule is CCC[C@H](CC(=O)[C@@H]1CCN1c1ccc(F)cc1)C(=O)N[C@H](CC(C)C)B(O)O. The van der Waals surface area contributed by atoms with Crippen LogP contribution < -0.4 is 10.2 Å². The molecule has 0 bridgehead atoms. The van der Waals surface area contributed by atoms with Crippen LogP contribution in [0.4, 0.5) is 10.1 Å². The number of hydrogen-bond donors (Lipinski definition) is 3. The van der Waals surface area contributed by atoms with Gasteiger partial charge in [0.05, 0.1) is 12.0 Å². The predicted octanol–water partition coefficient (Wildman–Crippen LogP) is 2.32. The Bertz CT molecular complexity index is 684. The molecule has 1 aromatic carbocycles. The quantitative estimate of drug-likeness (QED) is 0.491. The van der Waals surface area contributed by atoms with Gasteiger partial charge in [0.15, 0.2) is 5.78 Å². The molecule has 0 radical (unpaired) electrons. The molecule has 3 N–H and O–H groups in total. The Morgan fingerprint density at radius 3 is 2.41 bits per heavy atom. The third-order valence-corrected chi connectivity index (χ3v) is 5.42. The Morgan fingerprint density at radius 1 is 1.28 bits per heavy atom. The molecule has 0 saturated carbocycles. The van der Waals surface area contributed by atoms with Crippen molar-refractivity contribution in [1.82, 2.24) is 5.32 Å². The number of benzene rings is 1. The average molecular weight is 406 g/mol. The second-order valence-electron chi connectivity index (χ2n) is 8.29. The van der Waals surface area contributed by atoms with Crippen LogP contribution in [0.2, 0.25) is 0 Å². The summed E-state index contributed by atoms with van der Waals surface area (Å²) >= 11 is 0. The third kappa shape index (κ3) is 6.54. The first-order valence-corrected chi connectivity index (χ1v) is 10.4.